The number of amides is 1. The number of benzene rings is 1. The second kappa shape index (κ2) is 8.02. The zero-order chi connectivity index (χ0) is 17.7. The first kappa shape index (κ1) is 18.8. The average molecular weight is 360 g/mol. The Labute approximate surface area is 141 Å². The predicted molar refractivity (Wildman–Crippen MR) is 87.8 cm³/mol. The fourth-order valence-corrected chi connectivity index (χ4v) is 3.67. The van der Waals surface area contributed by atoms with Crippen LogP contribution in [-0.2, 0) is 14.6 Å². The number of sulfone groups is 1. The largest absolute Gasteiger partial charge is 0.341 e. The Morgan fingerprint density at radius 3 is 2.54 bits per heavy atom. The minimum Gasteiger partial charge on any atom is -0.325 e. The van der Waals surface area contributed by atoms with Crippen molar-refractivity contribution in [3.8, 4) is 0 Å². The Kier molecular flexibility index (Phi) is 6.28. The molecule has 1 fully saturated rings. The van der Waals surface area contributed by atoms with E-state index in [9.17, 15) is 22.0 Å². The second-order valence-electron chi connectivity index (χ2n) is 5.91. The first-order valence-corrected chi connectivity index (χ1v) is 9.55. The highest BCUT2D eigenvalue weighted by atomic mass is 32.2. The molecule has 1 aliphatic rings. The molecule has 0 aliphatic carbocycles. The molecule has 0 unspecified atom stereocenters. The van der Waals surface area contributed by atoms with Crippen molar-refractivity contribution in [2.75, 3.05) is 18.4 Å². The van der Waals surface area contributed by atoms with E-state index in [1.165, 1.54) is 18.6 Å². The number of hydrogen-bond acceptors (Lipinski definition) is 4. The molecule has 5 nitrogen and oxygen atoms in total. The second-order valence-corrected chi connectivity index (χ2v) is 7.82. The van der Waals surface area contributed by atoms with Crippen LogP contribution in [0, 0.1) is 0 Å². The molecule has 1 N–H and O–H groups in total. The number of rotatable bonds is 6. The van der Waals surface area contributed by atoms with Gasteiger partial charge in [0.2, 0.25) is 15.7 Å². The molecule has 0 saturated carbocycles. The van der Waals surface area contributed by atoms with Crippen LogP contribution in [0.15, 0.2) is 29.2 Å². The van der Waals surface area contributed by atoms with Gasteiger partial charge in [0.05, 0.1) is 11.4 Å². The Balaban J connectivity index is 1.97. The van der Waals surface area contributed by atoms with Gasteiger partial charge in [-0.3, -0.25) is 9.69 Å². The first-order chi connectivity index (χ1) is 11.3. The van der Waals surface area contributed by atoms with E-state index >= 15 is 0 Å². The molecule has 1 amide bonds. The van der Waals surface area contributed by atoms with Crippen molar-refractivity contribution in [2.45, 2.75) is 49.3 Å². The van der Waals surface area contributed by atoms with Crippen molar-refractivity contribution >= 4 is 21.4 Å². The third-order valence-electron chi connectivity index (χ3n) is 4.27. The van der Waals surface area contributed by atoms with Crippen LogP contribution in [0.1, 0.15) is 32.6 Å². The number of piperidine rings is 1. The van der Waals surface area contributed by atoms with Crippen molar-refractivity contribution in [2.24, 2.45) is 0 Å². The normalized spacial score (nSPS) is 19.4. The third-order valence-corrected chi connectivity index (χ3v) is 5.67. The molecule has 1 saturated heterocycles. The van der Waals surface area contributed by atoms with Gasteiger partial charge in [-0.05, 0) is 50.1 Å². The van der Waals surface area contributed by atoms with E-state index in [0.29, 0.717) is 11.7 Å². The summed E-state index contributed by atoms with van der Waals surface area (Å²) in [5.41, 5.74) is 0.387. The number of alkyl halides is 2. The summed E-state index contributed by atoms with van der Waals surface area (Å²) in [6.07, 6.45) is 4.33. The molecular weight excluding hydrogens is 338 g/mol. The summed E-state index contributed by atoms with van der Waals surface area (Å²) in [6.45, 7) is 3.26. The van der Waals surface area contributed by atoms with Crippen molar-refractivity contribution < 1.29 is 22.0 Å². The number of anilines is 1. The Morgan fingerprint density at radius 1 is 1.29 bits per heavy atom. The van der Waals surface area contributed by atoms with Crippen LogP contribution in [0.2, 0.25) is 0 Å². The van der Waals surface area contributed by atoms with E-state index < -0.39 is 20.5 Å². The number of hydrogen-bond donors (Lipinski definition) is 1. The lowest BCUT2D eigenvalue weighted by Gasteiger charge is -2.34. The molecule has 1 atom stereocenters. The van der Waals surface area contributed by atoms with Crippen LogP contribution in [0.5, 0.6) is 0 Å². The van der Waals surface area contributed by atoms with Crippen LogP contribution in [-0.4, -0.2) is 44.1 Å². The molecule has 0 bridgehead atoms. The Morgan fingerprint density at radius 2 is 1.96 bits per heavy atom. The molecule has 1 heterocycles. The summed E-state index contributed by atoms with van der Waals surface area (Å²) in [4.78, 5) is 13.8. The van der Waals surface area contributed by atoms with Crippen molar-refractivity contribution in [3.63, 3.8) is 0 Å². The SMILES string of the molecule is CC[C@@H]1CCCCN1CC(=O)Nc1ccc(S(=O)(=O)C(F)F)cc1. The van der Waals surface area contributed by atoms with Crippen molar-refractivity contribution in [1.29, 1.82) is 0 Å². The highest BCUT2D eigenvalue weighted by Gasteiger charge is 2.26. The topological polar surface area (TPSA) is 66.5 Å². The Bertz CT molecular complexity index is 662. The third kappa shape index (κ3) is 4.51. The summed E-state index contributed by atoms with van der Waals surface area (Å²) < 4.78 is 47.7. The molecule has 0 radical (unpaired) electrons. The van der Waals surface area contributed by atoms with Crippen LogP contribution < -0.4 is 5.32 Å². The van der Waals surface area contributed by atoms with Gasteiger partial charge in [-0.15, -0.1) is 0 Å². The van der Waals surface area contributed by atoms with E-state index in [2.05, 4.69) is 17.1 Å². The molecule has 1 aromatic rings. The van der Waals surface area contributed by atoms with Gasteiger partial charge in [-0.1, -0.05) is 13.3 Å². The van der Waals surface area contributed by atoms with E-state index in [1.807, 2.05) is 0 Å². The highest BCUT2D eigenvalue weighted by molar-refractivity contribution is 7.91. The molecule has 1 aliphatic heterocycles. The number of nitrogens with one attached hydrogen (secondary N) is 1. The fraction of sp³-hybridized carbons (Fsp3) is 0.562. The number of carbonyl (C=O) groups excluding carboxylic acids is 1. The van der Waals surface area contributed by atoms with Gasteiger partial charge in [0.15, 0.2) is 0 Å². The van der Waals surface area contributed by atoms with Gasteiger partial charge in [-0.25, -0.2) is 8.42 Å². The highest BCUT2D eigenvalue weighted by Crippen LogP contribution is 2.21. The molecule has 8 heteroatoms. The maximum absolute atomic E-state index is 12.5. The monoisotopic (exact) mass is 360 g/mol. The minimum atomic E-state index is -4.61. The van der Waals surface area contributed by atoms with E-state index in [4.69, 9.17) is 0 Å². The average Bonchev–Trinajstić information content (AvgIpc) is 2.55. The van der Waals surface area contributed by atoms with Crippen molar-refractivity contribution in [1.82, 2.24) is 4.90 Å². The van der Waals surface area contributed by atoms with Gasteiger partial charge < -0.3 is 5.32 Å². The van der Waals surface area contributed by atoms with Crippen molar-refractivity contribution in [3.05, 3.63) is 24.3 Å². The van der Waals surface area contributed by atoms with Gasteiger partial charge >= 0.3 is 5.76 Å². The predicted octanol–water partition coefficient (Wildman–Crippen LogP) is 2.89. The summed E-state index contributed by atoms with van der Waals surface area (Å²) in [5.74, 6) is -3.65. The standard InChI is InChI=1S/C16H22F2N2O3S/c1-2-13-5-3-4-10-20(13)11-15(21)19-12-6-8-14(9-7-12)24(22,23)16(17)18/h6-9,13,16H,2-5,10-11H2,1H3,(H,19,21)/t13-/m1/s1. The fourth-order valence-electron chi connectivity index (χ4n) is 2.95. The van der Waals surface area contributed by atoms with E-state index in [-0.39, 0.29) is 12.5 Å². The van der Waals surface area contributed by atoms with Gasteiger partial charge in [0.25, 0.3) is 0 Å². The number of carbonyl (C=O) groups is 1. The smallest absolute Gasteiger partial charge is 0.325 e. The Hall–Kier alpha value is -1.54. The zero-order valence-electron chi connectivity index (χ0n) is 13.5. The number of likely N-dealkylation sites (tertiary alicyclic amines) is 1. The maximum atomic E-state index is 12.5. The first-order valence-electron chi connectivity index (χ1n) is 8.00. The van der Waals surface area contributed by atoms with Gasteiger partial charge in [0.1, 0.15) is 0 Å². The minimum absolute atomic E-state index is 0.195. The molecule has 2 rings (SSSR count). The van der Waals surface area contributed by atoms with Crippen LogP contribution in [0.25, 0.3) is 0 Å². The summed E-state index contributed by atoms with van der Waals surface area (Å²) >= 11 is 0. The molecule has 1 aromatic carbocycles. The van der Waals surface area contributed by atoms with E-state index in [0.717, 1.165) is 37.9 Å². The van der Waals surface area contributed by atoms with E-state index in [1.54, 1.807) is 0 Å². The van der Waals surface area contributed by atoms with Crippen LogP contribution in [0.3, 0.4) is 0 Å². The maximum Gasteiger partial charge on any atom is 0.341 e. The van der Waals surface area contributed by atoms with Crippen LogP contribution >= 0.6 is 0 Å². The summed E-state index contributed by atoms with van der Waals surface area (Å²) in [6, 6.07) is 5.20. The summed E-state index contributed by atoms with van der Waals surface area (Å²) in [5, 5.41) is 2.68. The lowest BCUT2D eigenvalue weighted by Crippen LogP contribution is -2.43. The van der Waals surface area contributed by atoms with Gasteiger partial charge in [-0.2, -0.15) is 8.78 Å². The van der Waals surface area contributed by atoms with Gasteiger partial charge in [0, 0.05) is 11.7 Å². The zero-order valence-corrected chi connectivity index (χ0v) is 14.4. The molecule has 24 heavy (non-hydrogen) atoms. The lowest BCUT2D eigenvalue weighted by molar-refractivity contribution is -0.118. The molecule has 0 spiro atoms. The lowest BCUT2D eigenvalue weighted by atomic mass is 10.0. The van der Waals surface area contributed by atoms with Crippen LogP contribution in [0.4, 0.5) is 14.5 Å². The number of nitrogens with zero attached hydrogens (tertiary/aromatic N) is 1. The molecule has 0 aromatic heterocycles. The molecule has 134 valence electrons. The number of halogens is 2. The quantitative estimate of drug-likeness (QED) is 0.847. The summed E-state index contributed by atoms with van der Waals surface area (Å²) in [7, 11) is -4.61. The molecular formula is C16H22F2N2O3S.